The number of fused-ring (bicyclic) bond motifs is 1. The third kappa shape index (κ3) is 1.74. The van der Waals surface area contributed by atoms with Crippen molar-refractivity contribution >= 4 is 16.7 Å². The molecule has 0 saturated heterocycles. The molecule has 1 aromatic carbocycles. The van der Waals surface area contributed by atoms with Gasteiger partial charge >= 0.3 is 0 Å². The summed E-state index contributed by atoms with van der Waals surface area (Å²) in [6.45, 7) is 3.40. The van der Waals surface area contributed by atoms with Gasteiger partial charge in [-0.3, -0.25) is 14.2 Å². The molecule has 0 fully saturated rings. The van der Waals surface area contributed by atoms with E-state index < -0.39 is 0 Å². The zero-order valence-electron chi connectivity index (χ0n) is 9.23. The van der Waals surface area contributed by atoms with Crippen molar-refractivity contribution in [3.63, 3.8) is 0 Å². The van der Waals surface area contributed by atoms with Crippen LogP contribution in [-0.2, 0) is 11.3 Å². The van der Waals surface area contributed by atoms with Crippen molar-refractivity contribution in [2.45, 2.75) is 20.4 Å². The first-order valence-corrected chi connectivity index (χ1v) is 5.04. The van der Waals surface area contributed by atoms with Gasteiger partial charge < -0.3 is 0 Å². The maximum Gasteiger partial charge on any atom is 0.261 e. The Morgan fingerprint density at radius 2 is 2.19 bits per heavy atom. The van der Waals surface area contributed by atoms with Crippen LogP contribution in [0.2, 0.25) is 0 Å². The number of aryl methyl sites for hydroxylation is 1. The molecule has 16 heavy (non-hydrogen) atoms. The Labute approximate surface area is 92.5 Å². The Bertz CT molecular complexity index is 614. The van der Waals surface area contributed by atoms with Crippen molar-refractivity contribution in [2.75, 3.05) is 0 Å². The van der Waals surface area contributed by atoms with Crippen molar-refractivity contribution < 1.29 is 4.79 Å². The highest BCUT2D eigenvalue weighted by Crippen LogP contribution is 2.10. The molecule has 0 atom stereocenters. The summed E-state index contributed by atoms with van der Waals surface area (Å²) in [5.74, 6) is -0.0585. The Morgan fingerprint density at radius 3 is 2.88 bits per heavy atom. The lowest BCUT2D eigenvalue weighted by atomic mass is 10.1. The molecule has 4 heteroatoms. The number of benzene rings is 1. The van der Waals surface area contributed by atoms with Crippen molar-refractivity contribution in [1.82, 2.24) is 9.55 Å². The number of hydrogen-bond donors (Lipinski definition) is 0. The van der Waals surface area contributed by atoms with Gasteiger partial charge in [0.05, 0.1) is 23.8 Å². The van der Waals surface area contributed by atoms with Gasteiger partial charge in [0.15, 0.2) is 0 Å². The molecule has 1 heterocycles. The molecule has 4 nitrogen and oxygen atoms in total. The van der Waals surface area contributed by atoms with Crippen LogP contribution in [-0.4, -0.2) is 15.3 Å². The summed E-state index contributed by atoms with van der Waals surface area (Å²) in [4.78, 5) is 27.2. The topological polar surface area (TPSA) is 52.0 Å². The second-order valence-electron chi connectivity index (χ2n) is 3.85. The molecular weight excluding hydrogens is 204 g/mol. The normalized spacial score (nSPS) is 10.6. The maximum absolute atomic E-state index is 12.1. The first-order valence-electron chi connectivity index (χ1n) is 5.04. The fraction of sp³-hybridized carbons (Fsp3) is 0.250. The maximum atomic E-state index is 12.1. The van der Waals surface area contributed by atoms with Crippen LogP contribution in [0.15, 0.2) is 29.3 Å². The van der Waals surface area contributed by atoms with Gasteiger partial charge in [-0.2, -0.15) is 0 Å². The van der Waals surface area contributed by atoms with E-state index in [4.69, 9.17) is 0 Å². The van der Waals surface area contributed by atoms with E-state index in [1.807, 2.05) is 19.1 Å². The van der Waals surface area contributed by atoms with Crippen LogP contribution in [0.25, 0.3) is 10.9 Å². The molecule has 0 radical (unpaired) electrons. The number of aromatic nitrogens is 2. The lowest BCUT2D eigenvalue weighted by Crippen LogP contribution is -2.24. The van der Waals surface area contributed by atoms with Crippen LogP contribution in [0.4, 0.5) is 0 Å². The van der Waals surface area contributed by atoms with E-state index in [2.05, 4.69) is 4.98 Å². The van der Waals surface area contributed by atoms with Crippen molar-refractivity contribution in [3.8, 4) is 0 Å². The minimum Gasteiger partial charge on any atom is -0.298 e. The first-order chi connectivity index (χ1) is 7.59. The first kappa shape index (κ1) is 10.5. The van der Waals surface area contributed by atoms with Gasteiger partial charge in [-0.15, -0.1) is 0 Å². The second kappa shape index (κ2) is 3.89. The zero-order chi connectivity index (χ0) is 11.7. The van der Waals surface area contributed by atoms with Crippen LogP contribution in [0.3, 0.4) is 0 Å². The highest BCUT2D eigenvalue weighted by atomic mass is 16.1. The zero-order valence-corrected chi connectivity index (χ0v) is 9.23. The monoisotopic (exact) mass is 216 g/mol. The third-order valence-corrected chi connectivity index (χ3v) is 2.45. The average molecular weight is 216 g/mol. The average Bonchev–Trinajstić information content (AvgIpc) is 2.22. The molecule has 0 bridgehead atoms. The third-order valence-electron chi connectivity index (χ3n) is 2.45. The van der Waals surface area contributed by atoms with E-state index in [-0.39, 0.29) is 17.9 Å². The van der Waals surface area contributed by atoms with E-state index in [1.54, 1.807) is 6.07 Å². The molecule has 0 aliphatic rings. The summed E-state index contributed by atoms with van der Waals surface area (Å²) in [5.41, 5.74) is 1.40. The van der Waals surface area contributed by atoms with Crippen molar-refractivity contribution in [3.05, 3.63) is 40.4 Å². The minimum atomic E-state index is -0.154. The molecule has 0 aliphatic carbocycles. The molecule has 0 unspecified atom stereocenters. The molecule has 1 aromatic heterocycles. The lowest BCUT2D eigenvalue weighted by Gasteiger charge is -2.05. The largest absolute Gasteiger partial charge is 0.298 e. The number of Topliss-reactive ketones (excluding diaryl/α,β-unsaturated/α-hetero) is 1. The summed E-state index contributed by atoms with van der Waals surface area (Å²) in [6, 6.07) is 5.52. The molecule has 2 rings (SSSR count). The van der Waals surface area contributed by atoms with Gasteiger partial charge in [-0.1, -0.05) is 12.1 Å². The Hall–Kier alpha value is -1.97. The molecule has 82 valence electrons. The quantitative estimate of drug-likeness (QED) is 0.760. The van der Waals surface area contributed by atoms with Crippen LogP contribution in [0.1, 0.15) is 12.5 Å². The molecule has 0 spiro atoms. The van der Waals surface area contributed by atoms with E-state index in [9.17, 15) is 9.59 Å². The Balaban J connectivity index is 2.73. The van der Waals surface area contributed by atoms with E-state index >= 15 is 0 Å². The highest BCUT2D eigenvalue weighted by molar-refractivity contribution is 5.81. The van der Waals surface area contributed by atoms with Gasteiger partial charge in [0.2, 0.25) is 0 Å². The molecule has 0 N–H and O–H groups in total. The van der Waals surface area contributed by atoms with Gasteiger partial charge in [-0.05, 0) is 25.5 Å². The van der Waals surface area contributed by atoms with Gasteiger partial charge in [-0.25, -0.2) is 4.98 Å². The summed E-state index contributed by atoms with van der Waals surface area (Å²) >= 11 is 0. The number of nitrogens with zero attached hydrogens (tertiary/aromatic N) is 2. The van der Waals surface area contributed by atoms with Crippen molar-refractivity contribution in [1.29, 1.82) is 0 Å². The SMILES string of the molecule is CC(=O)Cn1cnc2cccc(C)c2c1=O. The number of hydrogen-bond acceptors (Lipinski definition) is 3. The van der Waals surface area contributed by atoms with Gasteiger partial charge in [0.25, 0.3) is 5.56 Å². The Morgan fingerprint density at radius 1 is 1.44 bits per heavy atom. The van der Waals surface area contributed by atoms with Crippen LogP contribution < -0.4 is 5.56 Å². The van der Waals surface area contributed by atoms with E-state index in [1.165, 1.54) is 17.8 Å². The van der Waals surface area contributed by atoms with E-state index in [0.29, 0.717) is 10.9 Å². The summed E-state index contributed by atoms with van der Waals surface area (Å²) in [5, 5.41) is 0.589. The molecule has 0 amide bonds. The van der Waals surface area contributed by atoms with Crippen LogP contribution in [0.5, 0.6) is 0 Å². The molecular formula is C12H12N2O2. The van der Waals surface area contributed by atoms with Crippen LogP contribution in [0, 0.1) is 6.92 Å². The lowest BCUT2D eigenvalue weighted by molar-refractivity contribution is -0.117. The minimum absolute atomic E-state index is 0.0585. The van der Waals surface area contributed by atoms with Crippen molar-refractivity contribution in [2.24, 2.45) is 0 Å². The number of ketones is 1. The van der Waals surface area contributed by atoms with Gasteiger partial charge in [0.1, 0.15) is 5.78 Å². The highest BCUT2D eigenvalue weighted by Gasteiger charge is 2.07. The number of rotatable bonds is 2. The smallest absolute Gasteiger partial charge is 0.261 e. The number of carbonyl (C=O) groups excluding carboxylic acids is 1. The van der Waals surface area contributed by atoms with Gasteiger partial charge in [0, 0.05) is 0 Å². The predicted octanol–water partition coefficient (Wildman–Crippen LogP) is 1.29. The molecule has 0 saturated carbocycles. The fourth-order valence-electron chi connectivity index (χ4n) is 1.72. The second-order valence-corrected chi connectivity index (χ2v) is 3.85. The molecule has 2 aromatic rings. The predicted molar refractivity (Wildman–Crippen MR) is 61.4 cm³/mol. The summed E-state index contributed by atoms with van der Waals surface area (Å²) < 4.78 is 1.34. The van der Waals surface area contributed by atoms with E-state index in [0.717, 1.165) is 5.56 Å². The number of carbonyl (C=O) groups is 1. The standard InChI is InChI=1S/C12H12N2O2/c1-8-4-3-5-10-11(8)12(16)14(7-13-10)6-9(2)15/h3-5,7H,6H2,1-2H3. The molecule has 0 aliphatic heterocycles. The summed E-state index contributed by atoms with van der Waals surface area (Å²) in [6.07, 6.45) is 1.42. The Kier molecular flexibility index (Phi) is 2.56. The summed E-state index contributed by atoms with van der Waals surface area (Å²) in [7, 11) is 0. The fourth-order valence-corrected chi connectivity index (χ4v) is 1.72. The van der Waals surface area contributed by atoms with Crippen LogP contribution >= 0.6 is 0 Å².